The molecule has 0 aliphatic carbocycles. The van der Waals surface area contributed by atoms with E-state index < -0.39 is 0 Å². The summed E-state index contributed by atoms with van der Waals surface area (Å²) in [6.45, 7) is 10.4. The van der Waals surface area contributed by atoms with Crippen LogP contribution in [-0.2, 0) is 25.9 Å². The molecule has 0 bridgehead atoms. The molecule has 206 valence electrons. The van der Waals surface area contributed by atoms with Gasteiger partial charge in [-0.05, 0) is 90.2 Å². The van der Waals surface area contributed by atoms with Crippen LogP contribution in [0.1, 0.15) is 58.6 Å². The van der Waals surface area contributed by atoms with Crippen LogP contribution in [0.25, 0.3) is 10.9 Å². The molecular formula is C33H38N6O. The van der Waals surface area contributed by atoms with E-state index in [9.17, 15) is 4.79 Å². The number of hydrogen-bond donors (Lipinski definition) is 1. The standard InChI is InChI=1S/C33H38N6O/c1-5-30(32-35-36-37-39(32)18-15-26-12-7-6-8-13-26)38(17-16-27-14-10-9-11-24(27)3)22-29-21-28-20-23(2)19-25(4)31(28)34-33(29)40/h6-14,19-21,30H,5,15-18,22H2,1-4H3,(H,34,40)/t30-/m1/s1. The van der Waals surface area contributed by atoms with E-state index in [1.807, 2.05) is 17.7 Å². The molecule has 0 aliphatic rings. The van der Waals surface area contributed by atoms with Crippen molar-refractivity contribution < 1.29 is 0 Å². The Bertz CT molecular complexity index is 1640. The molecule has 7 heteroatoms. The first-order valence-electron chi connectivity index (χ1n) is 14.1. The van der Waals surface area contributed by atoms with Crippen molar-refractivity contribution in [2.75, 3.05) is 6.54 Å². The number of fused-ring (bicyclic) bond motifs is 1. The van der Waals surface area contributed by atoms with E-state index in [0.29, 0.717) is 13.1 Å². The van der Waals surface area contributed by atoms with Gasteiger partial charge in [0.2, 0.25) is 0 Å². The minimum absolute atomic E-state index is 0.0378. The minimum atomic E-state index is -0.0427. The molecule has 0 spiro atoms. The first-order chi connectivity index (χ1) is 19.4. The van der Waals surface area contributed by atoms with Gasteiger partial charge in [0.05, 0.1) is 11.6 Å². The Balaban J connectivity index is 1.47. The largest absolute Gasteiger partial charge is 0.321 e. The maximum atomic E-state index is 13.3. The Labute approximate surface area is 235 Å². The summed E-state index contributed by atoms with van der Waals surface area (Å²) in [7, 11) is 0. The highest BCUT2D eigenvalue weighted by Gasteiger charge is 2.26. The quantitative estimate of drug-likeness (QED) is 0.229. The summed E-state index contributed by atoms with van der Waals surface area (Å²) in [5.74, 6) is 0.840. The third-order valence-corrected chi connectivity index (χ3v) is 7.81. The fourth-order valence-electron chi connectivity index (χ4n) is 5.66. The van der Waals surface area contributed by atoms with Crippen LogP contribution >= 0.6 is 0 Å². The van der Waals surface area contributed by atoms with Crippen molar-refractivity contribution in [3.63, 3.8) is 0 Å². The predicted octanol–water partition coefficient (Wildman–Crippen LogP) is 5.88. The van der Waals surface area contributed by atoms with E-state index in [4.69, 9.17) is 0 Å². The molecule has 2 aromatic heterocycles. The highest BCUT2D eigenvalue weighted by molar-refractivity contribution is 5.82. The molecule has 5 rings (SSSR count). The molecule has 0 saturated carbocycles. The molecule has 1 atom stereocenters. The van der Waals surface area contributed by atoms with E-state index in [0.717, 1.165) is 53.7 Å². The average Bonchev–Trinajstić information content (AvgIpc) is 3.41. The summed E-state index contributed by atoms with van der Waals surface area (Å²) >= 11 is 0. The number of rotatable bonds is 11. The summed E-state index contributed by atoms with van der Waals surface area (Å²) in [5, 5.41) is 14.0. The van der Waals surface area contributed by atoms with Gasteiger partial charge in [0, 0.05) is 25.2 Å². The van der Waals surface area contributed by atoms with Crippen molar-refractivity contribution in [3.05, 3.63) is 122 Å². The minimum Gasteiger partial charge on any atom is -0.321 e. The molecule has 0 aliphatic heterocycles. The molecular weight excluding hydrogens is 496 g/mol. The molecule has 2 heterocycles. The number of aromatic amines is 1. The second-order valence-electron chi connectivity index (χ2n) is 10.7. The fraction of sp³-hybridized carbons (Fsp3) is 0.333. The lowest BCUT2D eigenvalue weighted by Crippen LogP contribution is -2.34. The number of aryl methyl sites for hydroxylation is 5. The Kier molecular flexibility index (Phi) is 8.51. The van der Waals surface area contributed by atoms with Crippen LogP contribution in [0, 0.1) is 20.8 Å². The van der Waals surface area contributed by atoms with Gasteiger partial charge in [0.15, 0.2) is 5.82 Å². The van der Waals surface area contributed by atoms with E-state index in [2.05, 4.69) is 113 Å². The average molecular weight is 535 g/mol. The summed E-state index contributed by atoms with van der Waals surface area (Å²) in [6, 6.07) is 25.2. The number of pyridine rings is 1. The molecule has 1 N–H and O–H groups in total. The van der Waals surface area contributed by atoms with Crippen molar-refractivity contribution in [1.29, 1.82) is 0 Å². The number of tetrazole rings is 1. The first-order valence-corrected chi connectivity index (χ1v) is 14.1. The van der Waals surface area contributed by atoms with Crippen LogP contribution in [0.4, 0.5) is 0 Å². The van der Waals surface area contributed by atoms with E-state index in [-0.39, 0.29) is 11.6 Å². The maximum Gasteiger partial charge on any atom is 0.252 e. The second kappa shape index (κ2) is 12.4. The molecule has 0 fully saturated rings. The van der Waals surface area contributed by atoms with E-state index in [1.165, 1.54) is 22.3 Å². The van der Waals surface area contributed by atoms with Gasteiger partial charge in [-0.3, -0.25) is 9.69 Å². The van der Waals surface area contributed by atoms with Gasteiger partial charge in [0.25, 0.3) is 5.56 Å². The van der Waals surface area contributed by atoms with E-state index in [1.54, 1.807) is 0 Å². The lowest BCUT2D eigenvalue weighted by atomic mass is 10.0. The summed E-state index contributed by atoms with van der Waals surface area (Å²) in [5.41, 5.74) is 7.72. The summed E-state index contributed by atoms with van der Waals surface area (Å²) in [6.07, 6.45) is 2.54. The van der Waals surface area contributed by atoms with Gasteiger partial charge in [0.1, 0.15) is 0 Å². The number of nitrogens with zero attached hydrogens (tertiary/aromatic N) is 5. The Morgan fingerprint density at radius 1 is 0.900 bits per heavy atom. The fourth-order valence-corrected chi connectivity index (χ4v) is 5.66. The van der Waals surface area contributed by atoms with Crippen molar-refractivity contribution >= 4 is 10.9 Å². The number of aromatic nitrogens is 5. The number of H-pyrrole nitrogens is 1. The molecule has 0 amide bonds. The van der Waals surface area contributed by atoms with Crippen LogP contribution in [0.15, 0.2) is 77.6 Å². The molecule has 0 radical (unpaired) electrons. The molecule has 7 nitrogen and oxygen atoms in total. The molecule has 3 aromatic carbocycles. The van der Waals surface area contributed by atoms with Crippen LogP contribution in [0.5, 0.6) is 0 Å². The smallest absolute Gasteiger partial charge is 0.252 e. The second-order valence-corrected chi connectivity index (χ2v) is 10.7. The third-order valence-electron chi connectivity index (χ3n) is 7.81. The monoisotopic (exact) mass is 534 g/mol. The van der Waals surface area contributed by atoms with Crippen LogP contribution in [-0.4, -0.2) is 36.6 Å². The molecule has 5 aromatic rings. The number of benzene rings is 3. The first kappa shape index (κ1) is 27.5. The number of nitrogens with one attached hydrogen (secondary N) is 1. The lowest BCUT2D eigenvalue weighted by Gasteiger charge is -2.30. The number of hydrogen-bond acceptors (Lipinski definition) is 5. The highest BCUT2D eigenvalue weighted by Crippen LogP contribution is 2.26. The van der Waals surface area contributed by atoms with Gasteiger partial charge < -0.3 is 4.98 Å². The van der Waals surface area contributed by atoms with Crippen molar-refractivity contribution in [2.24, 2.45) is 0 Å². The molecule has 0 unspecified atom stereocenters. The zero-order valence-corrected chi connectivity index (χ0v) is 23.9. The van der Waals surface area contributed by atoms with Crippen LogP contribution < -0.4 is 5.56 Å². The SMILES string of the molecule is CC[C@H](c1nnnn1CCc1ccccc1)N(CCc1ccccc1C)Cc1cc2cc(C)cc(C)c2[nH]c1=O. The van der Waals surface area contributed by atoms with Crippen molar-refractivity contribution in [1.82, 2.24) is 30.1 Å². The van der Waals surface area contributed by atoms with E-state index >= 15 is 0 Å². The van der Waals surface area contributed by atoms with Gasteiger partial charge >= 0.3 is 0 Å². The van der Waals surface area contributed by atoms with Gasteiger partial charge in [-0.25, -0.2) is 4.68 Å². The highest BCUT2D eigenvalue weighted by atomic mass is 16.1. The predicted molar refractivity (Wildman–Crippen MR) is 160 cm³/mol. The van der Waals surface area contributed by atoms with Gasteiger partial charge in [-0.15, -0.1) is 5.10 Å². The van der Waals surface area contributed by atoms with Crippen LogP contribution in [0.3, 0.4) is 0 Å². The van der Waals surface area contributed by atoms with Gasteiger partial charge in [-0.1, -0.05) is 73.2 Å². The summed E-state index contributed by atoms with van der Waals surface area (Å²) < 4.78 is 1.93. The summed E-state index contributed by atoms with van der Waals surface area (Å²) in [4.78, 5) is 18.9. The third kappa shape index (κ3) is 6.20. The molecule has 40 heavy (non-hydrogen) atoms. The van der Waals surface area contributed by atoms with Crippen molar-refractivity contribution in [2.45, 2.75) is 66.1 Å². The Hall–Kier alpha value is -4.10. The Morgan fingerprint density at radius 3 is 2.45 bits per heavy atom. The van der Waals surface area contributed by atoms with Crippen LogP contribution in [0.2, 0.25) is 0 Å². The zero-order chi connectivity index (χ0) is 28.1. The topological polar surface area (TPSA) is 79.7 Å². The lowest BCUT2D eigenvalue weighted by molar-refractivity contribution is 0.171. The van der Waals surface area contributed by atoms with Crippen molar-refractivity contribution in [3.8, 4) is 0 Å². The van der Waals surface area contributed by atoms with Gasteiger partial charge in [-0.2, -0.15) is 0 Å². The zero-order valence-electron chi connectivity index (χ0n) is 23.9. The maximum absolute atomic E-state index is 13.3. The Morgan fingerprint density at radius 2 is 1.68 bits per heavy atom. The normalized spacial score (nSPS) is 12.3. The molecule has 0 saturated heterocycles.